The van der Waals surface area contributed by atoms with E-state index >= 15 is 0 Å². The predicted molar refractivity (Wildman–Crippen MR) is 133 cm³/mol. The second-order valence-electron chi connectivity index (χ2n) is 8.46. The highest BCUT2D eigenvalue weighted by Crippen LogP contribution is 2.45. The summed E-state index contributed by atoms with van der Waals surface area (Å²) in [5, 5.41) is 15.2. The van der Waals surface area contributed by atoms with Crippen LogP contribution in [0, 0.1) is 0 Å². The van der Waals surface area contributed by atoms with E-state index in [1.165, 1.54) is 16.2 Å². The van der Waals surface area contributed by atoms with Gasteiger partial charge in [-0.05, 0) is 59.5 Å². The lowest BCUT2D eigenvalue weighted by atomic mass is 9.96. The van der Waals surface area contributed by atoms with Crippen molar-refractivity contribution in [2.45, 2.75) is 18.9 Å². The maximum absolute atomic E-state index is 13.4. The highest BCUT2D eigenvalue weighted by Gasteiger charge is 2.47. The smallest absolute Gasteiger partial charge is 0.300 e. The van der Waals surface area contributed by atoms with Gasteiger partial charge < -0.3 is 9.84 Å². The highest BCUT2D eigenvalue weighted by molar-refractivity contribution is 7.10. The zero-order valence-electron chi connectivity index (χ0n) is 18.2. The number of fused-ring (bicyclic) bond motifs is 2. The Labute approximate surface area is 200 Å². The third-order valence-electron chi connectivity index (χ3n) is 6.47. The van der Waals surface area contributed by atoms with Gasteiger partial charge in [-0.1, -0.05) is 42.5 Å². The molecule has 2 aliphatic heterocycles. The average molecular weight is 468 g/mol. The molecule has 0 radical (unpaired) electrons. The number of amides is 1. The van der Waals surface area contributed by atoms with Crippen LogP contribution in [0.5, 0.6) is 5.75 Å². The second kappa shape index (κ2) is 8.15. The van der Waals surface area contributed by atoms with Gasteiger partial charge in [0.05, 0.1) is 17.9 Å². The van der Waals surface area contributed by atoms with Gasteiger partial charge >= 0.3 is 0 Å². The normalized spacial score (nSPS) is 19.3. The van der Waals surface area contributed by atoms with Crippen LogP contribution in [0.3, 0.4) is 0 Å². The third-order valence-corrected chi connectivity index (χ3v) is 7.39. The van der Waals surface area contributed by atoms with Crippen LogP contribution in [-0.2, 0) is 16.0 Å². The van der Waals surface area contributed by atoms with Crippen LogP contribution in [0.2, 0.25) is 0 Å². The number of hydrogen-bond donors (Lipinski definition) is 1. The van der Waals surface area contributed by atoms with E-state index in [9.17, 15) is 14.7 Å². The molecule has 4 aromatic rings. The lowest BCUT2D eigenvalue weighted by Gasteiger charge is -2.25. The zero-order chi connectivity index (χ0) is 23.2. The monoisotopic (exact) mass is 467 g/mol. The standard InChI is InChI=1S/C28H21NO4S/c30-26(19-12-13-22-18(16-19)8-4-14-33-22)24-25(23-11-5-15-34-23)29(28(32)27(24)31)21-10-3-7-17-6-1-2-9-20(17)21/h1-3,5-7,9-13,15-16,25,30H,4,8,14H2/b26-24-. The van der Waals surface area contributed by atoms with Gasteiger partial charge in [0, 0.05) is 15.8 Å². The lowest BCUT2D eigenvalue weighted by molar-refractivity contribution is -0.132. The van der Waals surface area contributed by atoms with Gasteiger partial charge in [-0.3, -0.25) is 14.5 Å². The van der Waals surface area contributed by atoms with E-state index in [4.69, 9.17) is 4.74 Å². The van der Waals surface area contributed by atoms with Crippen molar-refractivity contribution in [3.63, 3.8) is 0 Å². The van der Waals surface area contributed by atoms with Gasteiger partial charge in [-0.25, -0.2) is 0 Å². The summed E-state index contributed by atoms with van der Waals surface area (Å²) < 4.78 is 5.69. The molecule has 2 aliphatic rings. The van der Waals surface area contributed by atoms with E-state index in [0.717, 1.165) is 39.8 Å². The van der Waals surface area contributed by atoms with Crippen molar-refractivity contribution < 1.29 is 19.4 Å². The number of hydrogen-bond acceptors (Lipinski definition) is 5. The van der Waals surface area contributed by atoms with E-state index in [2.05, 4.69) is 0 Å². The van der Waals surface area contributed by atoms with Gasteiger partial charge in [0.25, 0.3) is 11.7 Å². The van der Waals surface area contributed by atoms with Crippen LogP contribution in [0.4, 0.5) is 5.69 Å². The van der Waals surface area contributed by atoms with Crippen LogP contribution >= 0.6 is 11.3 Å². The molecule has 0 bridgehead atoms. The van der Waals surface area contributed by atoms with Gasteiger partial charge in [-0.2, -0.15) is 0 Å². The maximum Gasteiger partial charge on any atom is 0.300 e. The molecule has 1 N–H and O–H groups in total. The molecule has 0 spiro atoms. The fourth-order valence-corrected chi connectivity index (χ4v) is 5.70. The first kappa shape index (κ1) is 20.7. The van der Waals surface area contributed by atoms with Crippen LogP contribution in [0.25, 0.3) is 16.5 Å². The first-order chi connectivity index (χ1) is 16.6. The summed E-state index contributed by atoms with van der Waals surface area (Å²) in [5.74, 6) is -0.683. The Kier molecular flexibility index (Phi) is 4.96. The van der Waals surface area contributed by atoms with Crippen LogP contribution in [0.15, 0.2) is 83.7 Å². The number of anilines is 1. The molecule has 34 heavy (non-hydrogen) atoms. The number of ketones is 1. The van der Waals surface area contributed by atoms with Crippen molar-refractivity contribution in [3.8, 4) is 5.75 Å². The minimum Gasteiger partial charge on any atom is -0.507 e. The SMILES string of the molecule is O=C1C(=O)N(c2cccc3ccccc23)C(c2cccs2)/C1=C(/O)c1ccc2c(c1)CCCO2. The van der Waals surface area contributed by atoms with Crippen molar-refractivity contribution in [1.29, 1.82) is 0 Å². The molecule has 1 atom stereocenters. The number of carbonyl (C=O) groups is 2. The number of Topliss-reactive ketones (excluding diaryl/α,β-unsaturated/α-hetero) is 1. The van der Waals surface area contributed by atoms with Crippen molar-refractivity contribution in [3.05, 3.63) is 99.8 Å². The molecule has 0 aliphatic carbocycles. The molecule has 6 heteroatoms. The molecule has 5 nitrogen and oxygen atoms in total. The maximum atomic E-state index is 13.4. The van der Waals surface area contributed by atoms with Crippen LogP contribution < -0.4 is 9.64 Å². The summed E-state index contributed by atoms with van der Waals surface area (Å²) >= 11 is 1.46. The molecular weight excluding hydrogens is 446 g/mol. The molecule has 6 rings (SSSR count). The number of ether oxygens (including phenoxy) is 1. The summed E-state index contributed by atoms with van der Waals surface area (Å²) in [7, 11) is 0. The Hall–Kier alpha value is -3.90. The van der Waals surface area contributed by atoms with Gasteiger partial charge in [0.2, 0.25) is 0 Å². The number of benzene rings is 3. The highest BCUT2D eigenvalue weighted by atomic mass is 32.1. The van der Waals surface area contributed by atoms with E-state index < -0.39 is 17.7 Å². The Morgan fingerprint density at radius 3 is 2.71 bits per heavy atom. The summed E-state index contributed by atoms with van der Waals surface area (Å²) in [6.45, 7) is 0.673. The van der Waals surface area contributed by atoms with E-state index in [0.29, 0.717) is 17.9 Å². The first-order valence-corrected chi connectivity index (χ1v) is 12.1. The number of carbonyl (C=O) groups excluding carboxylic acids is 2. The first-order valence-electron chi connectivity index (χ1n) is 11.2. The summed E-state index contributed by atoms with van der Waals surface area (Å²) in [6.07, 6.45) is 1.74. The van der Waals surface area contributed by atoms with Crippen molar-refractivity contribution >= 4 is 45.2 Å². The van der Waals surface area contributed by atoms with Crippen LogP contribution in [0.1, 0.15) is 28.5 Å². The van der Waals surface area contributed by atoms with Crippen molar-refractivity contribution in [2.24, 2.45) is 0 Å². The second-order valence-corrected chi connectivity index (χ2v) is 9.44. The molecule has 1 amide bonds. The number of aliphatic hydroxyl groups excluding tert-OH is 1. The number of rotatable bonds is 3. The minimum absolute atomic E-state index is 0.108. The Morgan fingerprint density at radius 1 is 1.00 bits per heavy atom. The topological polar surface area (TPSA) is 66.8 Å². The molecule has 168 valence electrons. The van der Waals surface area contributed by atoms with Crippen LogP contribution in [-0.4, -0.2) is 23.4 Å². The molecule has 1 aromatic heterocycles. The molecular formula is C28H21NO4S. The van der Waals surface area contributed by atoms with E-state index in [1.807, 2.05) is 72.1 Å². The number of thiophene rings is 1. The zero-order valence-corrected chi connectivity index (χ0v) is 19.0. The summed E-state index contributed by atoms with van der Waals surface area (Å²) in [6, 6.07) is 22.0. The van der Waals surface area contributed by atoms with Gasteiger partial charge in [-0.15, -0.1) is 11.3 Å². The molecule has 3 heterocycles. The Balaban J connectivity index is 1.56. The number of aliphatic hydroxyl groups is 1. The summed E-state index contributed by atoms with van der Waals surface area (Å²) in [5.41, 5.74) is 2.27. The van der Waals surface area contributed by atoms with Crippen molar-refractivity contribution in [1.82, 2.24) is 0 Å². The molecule has 1 saturated heterocycles. The van der Waals surface area contributed by atoms with E-state index in [1.54, 1.807) is 6.07 Å². The molecule has 1 unspecified atom stereocenters. The van der Waals surface area contributed by atoms with Crippen molar-refractivity contribution in [2.75, 3.05) is 11.5 Å². The number of aryl methyl sites for hydroxylation is 1. The third kappa shape index (κ3) is 3.22. The Morgan fingerprint density at radius 2 is 1.85 bits per heavy atom. The number of nitrogens with zero attached hydrogens (tertiary/aromatic N) is 1. The minimum atomic E-state index is -0.710. The average Bonchev–Trinajstić information content (AvgIpc) is 3.50. The largest absolute Gasteiger partial charge is 0.507 e. The molecule has 0 saturated carbocycles. The Bertz CT molecular complexity index is 1470. The fraction of sp³-hybridized carbons (Fsp3) is 0.143. The predicted octanol–water partition coefficient (Wildman–Crippen LogP) is 5.85. The molecule has 3 aromatic carbocycles. The lowest BCUT2D eigenvalue weighted by Crippen LogP contribution is -2.29. The van der Waals surface area contributed by atoms with Gasteiger partial charge in [0.1, 0.15) is 17.6 Å². The summed E-state index contributed by atoms with van der Waals surface area (Å²) in [4.78, 5) is 29.2. The quantitative estimate of drug-likeness (QED) is 0.233. The fourth-order valence-electron chi connectivity index (χ4n) is 4.88. The van der Waals surface area contributed by atoms with Gasteiger partial charge in [0.15, 0.2) is 0 Å². The molecule has 1 fully saturated rings. The van der Waals surface area contributed by atoms with E-state index in [-0.39, 0.29) is 11.3 Å².